The Hall–Kier alpha value is -4.47. The normalized spacial score (nSPS) is 12.4. The fraction of sp³-hybridized carbons (Fsp3) is 0. The molecule has 2 aromatic carbocycles. The SMILES string of the molecule is Nc1c2c(cc(=O)n1-c1ccc(Nc3ccccc3)c([N+](=O)[O-])c1)C(=O)NC2=O. The summed E-state index contributed by atoms with van der Waals surface area (Å²) in [6.07, 6.45) is 0. The summed E-state index contributed by atoms with van der Waals surface area (Å²) in [5, 5.41) is 16.6. The second kappa shape index (κ2) is 6.60. The van der Waals surface area contributed by atoms with E-state index in [0.717, 1.165) is 10.6 Å². The van der Waals surface area contributed by atoms with Crippen LogP contribution in [0.5, 0.6) is 0 Å². The van der Waals surface area contributed by atoms with Crippen molar-refractivity contribution < 1.29 is 14.5 Å². The van der Waals surface area contributed by atoms with Gasteiger partial charge >= 0.3 is 0 Å². The fourth-order valence-electron chi connectivity index (χ4n) is 3.14. The average Bonchev–Trinajstić information content (AvgIpc) is 2.97. The number of imide groups is 1. The van der Waals surface area contributed by atoms with Crippen molar-refractivity contribution in [3.63, 3.8) is 0 Å². The number of benzene rings is 2. The number of hydrogen-bond donors (Lipinski definition) is 3. The van der Waals surface area contributed by atoms with Gasteiger partial charge in [0.1, 0.15) is 11.5 Å². The lowest BCUT2D eigenvalue weighted by Crippen LogP contribution is -2.24. The number of carbonyl (C=O) groups is 2. The lowest BCUT2D eigenvalue weighted by atomic mass is 10.1. The number of nitrogens with one attached hydrogen (secondary N) is 2. The van der Waals surface area contributed by atoms with Crippen molar-refractivity contribution in [2.24, 2.45) is 0 Å². The van der Waals surface area contributed by atoms with E-state index in [9.17, 15) is 24.5 Å². The summed E-state index contributed by atoms with van der Waals surface area (Å²) in [4.78, 5) is 47.2. The Bertz CT molecular complexity index is 1250. The second-order valence-corrected chi connectivity index (χ2v) is 6.22. The van der Waals surface area contributed by atoms with Crippen molar-refractivity contribution in [1.82, 2.24) is 9.88 Å². The van der Waals surface area contributed by atoms with Gasteiger partial charge in [-0.05, 0) is 24.3 Å². The highest BCUT2D eigenvalue weighted by Crippen LogP contribution is 2.31. The van der Waals surface area contributed by atoms with Gasteiger partial charge in [-0.2, -0.15) is 0 Å². The molecule has 1 aliphatic rings. The number of nitro groups is 1. The maximum atomic E-state index is 12.5. The highest BCUT2D eigenvalue weighted by atomic mass is 16.6. The van der Waals surface area contributed by atoms with Gasteiger partial charge in [0.2, 0.25) is 0 Å². The van der Waals surface area contributed by atoms with Gasteiger partial charge in [0.25, 0.3) is 23.1 Å². The highest BCUT2D eigenvalue weighted by Gasteiger charge is 2.32. The predicted molar refractivity (Wildman–Crippen MR) is 105 cm³/mol. The van der Waals surface area contributed by atoms with E-state index in [1.54, 1.807) is 24.3 Å². The lowest BCUT2D eigenvalue weighted by Gasteiger charge is -2.13. The van der Waals surface area contributed by atoms with Gasteiger partial charge in [-0.25, -0.2) is 0 Å². The van der Waals surface area contributed by atoms with Gasteiger partial charge in [0.15, 0.2) is 0 Å². The fourth-order valence-corrected chi connectivity index (χ4v) is 3.14. The third kappa shape index (κ3) is 2.98. The standard InChI is InChI=1S/C19H13N5O5/c20-17-16-12(18(26)22-19(16)27)9-15(25)23(17)11-6-7-13(14(8-11)24(28)29)21-10-4-2-1-3-5-10/h1-9,21H,20H2,(H,22,26,27). The third-order valence-corrected chi connectivity index (χ3v) is 4.44. The number of aromatic nitrogens is 1. The van der Waals surface area contributed by atoms with Crippen molar-refractivity contribution in [1.29, 1.82) is 0 Å². The van der Waals surface area contributed by atoms with Gasteiger partial charge in [0.05, 0.1) is 21.7 Å². The molecule has 0 radical (unpaired) electrons. The number of hydrogen-bond acceptors (Lipinski definition) is 7. The van der Waals surface area contributed by atoms with Crippen LogP contribution in [0.3, 0.4) is 0 Å². The minimum atomic E-state index is -0.729. The van der Waals surface area contributed by atoms with Crippen LogP contribution in [0.2, 0.25) is 0 Å². The molecule has 0 fully saturated rings. The van der Waals surface area contributed by atoms with E-state index >= 15 is 0 Å². The zero-order valence-corrected chi connectivity index (χ0v) is 14.7. The summed E-state index contributed by atoms with van der Waals surface area (Å²) in [5.74, 6) is -1.71. The Labute approximate surface area is 162 Å². The van der Waals surface area contributed by atoms with Crippen molar-refractivity contribution in [3.8, 4) is 5.69 Å². The number of anilines is 3. The summed E-state index contributed by atoms with van der Waals surface area (Å²) >= 11 is 0. The predicted octanol–water partition coefficient (Wildman–Crippen LogP) is 1.96. The summed E-state index contributed by atoms with van der Waals surface area (Å²) in [7, 11) is 0. The molecule has 0 saturated carbocycles. The van der Waals surface area contributed by atoms with Crippen molar-refractivity contribution >= 4 is 34.7 Å². The molecule has 4 rings (SSSR count). The molecule has 2 amide bonds. The number of nitrogens with two attached hydrogens (primary N) is 1. The largest absolute Gasteiger partial charge is 0.384 e. The molecule has 0 aliphatic carbocycles. The van der Waals surface area contributed by atoms with Gasteiger partial charge in [-0.1, -0.05) is 18.2 Å². The van der Waals surface area contributed by atoms with Crippen molar-refractivity contribution in [2.45, 2.75) is 0 Å². The Morgan fingerprint density at radius 2 is 1.72 bits per heavy atom. The maximum absolute atomic E-state index is 12.5. The van der Waals surface area contributed by atoms with Crippen LogP contribution in [-0.4, -0.2) is 21.3 Å². The number of fused-ring (bicyclic) bond motifs is 1. The van der Waals surface area contributed by atoms with Crippen LogP contribution in [0.4, 0.5) is 22.9 Å². The van der Waals surface area contributed by atoms with Gasteiger partial charge in [-0.15, -0.1) is 0 Å². The van der Waals surface area contributed by atoms with Gasteiger partial charge < -0.3 is 11.1 Å². The van der Waals surface area contributed by atoms with E-state index < -0.39 is 22.3 Å². The molecule has 10 nitrogen and oxygen atoms in total. The molecule has 0 spiro atoms. The first-order valence-electron chi connectivity index (χ1n) is 8.39. The quantitative estimate of drug-likeness (QED) is 0.349. The Balaban J connectivity index is 1.85. The zero-order valence-electron chi connectivity index (χ0n) is 14.7. The molecule has 2 heterocycles. The molecular formula is C19H13N5O5. The van der Waals surface area contributed by atoms with E-state index in [2.05, 4.69) is 10.6 Å². The Morgan fingerprint density at radius 3 is 2.41 bits per heavy atom. The zero-order chi connectivity index (χ0) is 20.7. The average molecular weight is 391 g/mol. The number of pyridine rings is 1. The van der Waals surface area contributed by atoms with Crippen molar-refractivity contribution in [2.75, 3.05) is 11.1 Å². The summed E-state index contributed by atoms with van der Waals surface area (Å²) in [6.45, 7) is 0. The highest BCUT2D eigenvalue weighted by molar-refractivity contribution is 6.23. The summed E-state index contributed by atoms with van der Waals surface area (Å²) in [5.41, 5.74) is 5.68. The van der Waals surface area contributed by atoms with Crippen LogP contribution in [0.15, 0.2) is 59.4 Å². The number of nitro benzene ring substituents is 1. The number of carbonyl (C=O) groups excluding carboxylic acids is 2. The topological polar surface area (TPSA) is 149 Å². The minimum absolute atomic E-state index is 0.0905. The van der Waals surface area contributed by atoms with E-state index in [-0.39, 0.29) is 34.0 Å². The molecule has 1 aromatic heterocycles. The van der Waals surface area contributed by atoms with Crippen LogP contribution in [-0.2, 0) is 0 Å². The molecule has 29 heavy (non-hydrogen) atoms. The van der Waals surface area contributed by atoms with E-state index in [0.29, 0.717) is 5.69 Å². The van der Waals surface area contributed by atoms with Crippen LogP contribution < -0.4 is 21.9 Å². The van der Waals surface area contributed by atoms with Crippen LogP contribution in [0, 0.1) is 10.1 Å². The number of nitrogens with zero attached hydrogens (tertiary/aromatic N) is 2. The molecule has 144 valence electrons. The van der Waals surface area contributed by atoms with Gasteiger partial charge in [-0.3, -0.25) is 34.4 Å². The summed E-state index contributed by atoms with van der Waals surface area (Å²) in [6, 6.07) is 13.9. The maximum Gasteiger partial charge on any atom is 0.294 e. The van der Waals surface area contributed by atoms with Gasteiger partial charge in [0, 0.05) is 17.8 Å². The first-order chi connectivity index (χ1) is 13.9. The first-order valence-corrected chi connectivity index (χ1v) is 8.39. The van der Waals surface area contributed by atoms with Crippen LogP contribution >= 0.6 is 0 Å². The second-order valence-electron chi connectivity index (χ2n) is 6.22. The monoisotopic (exact) mass is 391 g/mol. The molecule has 10 heteroatoms. The molecule has 3 aromatic rings. The van der Waals surface area contributed by atoms with E-state index in [1.807, 2.05) is 6.07 Å². The van der Waals surface area contributed by atoms with E-state index in [1.165, 1.54) is 18.2 Å². The molecule has 0 unspecified atom stereocenters. The van der Waals surface area contributed by atoms with Crippen LogP contribution in [0.25, 0.3) is 5.69 Å². The summed E-state index contributed by atoms with van der Waals surface area (Å²) < 4.78 is 0.955. The molecular weight excluding hydrogens is 378 g/mol. The Kier molecular flexibility index (Phi) is 4.08. The van der Waals surface area contributed by atoms with Crippen molar-refractivity contribution in [3.05, 3.63) is 86.2 Å². The lowest BCUT2D eigenvalue weighted by molar-refractivity contribution is -0.383. The third-order valence-electron chi connectivity index (χ3n) is 4.44. The number of rotatable bonds is 4. The molecule has 1 aliphatic heterocycles. The van der Waals surface area contributed by atoms with E-state index in [4.69, 9.17) is 5.73 Å². The molecule has 4 N–H and O–H groups in total. The number of nitrogen functional groups attached to an aromatic ring is 1. The molecule has 0 saturated heterocycles. The smallest absolute Gasteiger partial charge is 0.294 e. The number of amides is 2. The number of para-hydroxylation sites is 1. The first kappa shape index (κ1) is 17.9. The van der Waals surface area contributed by atoms with Crippen LogP contribution in [0.1, 0.15) is 20.7 Å². The minimum Gasteiger partial charge on any atom is -0.384 e. The Morgan fingerprint density at radius 1 is 1.00 bits per heavy atom. The molecule has 0 bridgehead atoms. The molecule has 0 atom stereocenters.